The van der Waals surface area contributed by atoms with Gasteiger partial charge in [-0.25, -0.2) is 0 Å². The van der Waals surface area contributed by atoms with E-state index in [2.05, 4.69) is 15.9 Å². The third kappa shape index (κ3) is 1.74. The van der Waals surface area contributed by atoms with E-state index in [1.165, 1.54) is 0 Å². The second-order valence-corrected chi connectivity index (χ2v) is 5.17. The predicted molar refractivity (Wildman–Crippen MR) is 65.4 cm³/mol. The van der Waals surface area contributed by atoms with Crippen molar-refractivity contribution in [3.63, 3.8) is 0 Å². The van der Waals surface area contributed by atoms with Crippen molar-refractivity contribution >= 4 is 21.6 Å². The van der Waals surface area contributed by atoms with E-state index in [1.807, 2.05) is 12.1 Å². The van der Waals surface area contributed by atoms with Crippen molar-refractivity contribution in [1.29, 1.82) is 0 Å². The summed E-state index contributed by atoms with van der Waals surface area (Å²) in [6, 6.07) is 5.23. The summed E-state index contributed by atoms with van der Waals surface area (Å²) in [7, 11) is 0. The highest BCUT2D eigenvalue weighted by Crippen LogP contribution is 2.46. The minimum atomic E-state index is -0.324. The Morgan fingerprint density at radius 3 is 2.62 bits per heavy atom. The first-order valence-corrected chi connectivity index (χ1v) is 6.03. The van der Waals surface area contributed by atoms with Crippen LogP contribution >= 0.6 is 15.9 Å². The summed E-state index contributed by atoms with van der Waals surface area (Å²) in [4.78, 5) is 10.7. The second kappa shape index (κ2) is 4.14. The molecular formula is C11H13BrN2O2. The Labute approximate surface area is 102 Å². The molecule has 5 heteroatoms. The van der Waals surface area contributed by atoms with Crippen molar-refractivity contribution in [3.05, 3.63) is 38.3 Å². The molecule has 0 atom stereocenters. The van der Waals surface area contributed by atoms with Crippen LogP contribution in [-0.2, 0) is 5.41 Å². The third-order valence-corrected chi connectivity index (χ3v) is 3.92. The van der Waals surface area contributed by atoms with Gasteiger partial charge in [0.25, 0.3) is 5.69 Å². The number of nitrogens with two attached hydrogens (primary N) is 1. The maximum absolute atomic E-state index is 11.0. The van der Waals surface area contributed by atoms with E-state index in [-0.39, 0.29) is 16.0 Å². The number of hydrogen-bond acceptors (Lipinski definition) is 3. The first-order valence-electron chi connectivity index (χ1n) is 5.23. The largest absolute Gasteiger partial charge is 0.330 e. The SMILES string of the molecule is NCC1(c2ccc(Br)cc2[N+](=O)[O-])CCC1. The highest BCUT2D eigenvalue weighted by atomic mass is 79.9. The Morgan fingerprint density at radius 2 is 2.19 bits per heavy atom. The molecule has 4 nitrogen and oxygen atoms in total. The summed E-state index contributed by atoms with van der Waals surface area (Å²) in [5.41, 5.74) is 6.58. The van der Waals surface area contributed by atoms with Crippen molar-refractivity contribution < 1.29 is 4.92 Å². The van der Waals surface area contributed by atoms with Crippen molar-refractivity contribution in [3.8, 4) is 0 Å². The van der Waals surface area contributed by atoms with Gasteiger partial charge in [0.05, 0.1) is 4.92 Å². The summed E-state index contributed by atoms with van der Waals surface area (Å²) in [5.74, 6) is 0. The number of nitro benzene ring substituents is 1. The molecule has 1 aromatic rings. The van der Waals surface area contributed by atoms with Crippen LogP contribution in [0.5, 0.6) is 0 Å². The molecule has 16 heavy (non-hydrogen) atoms. The molecule has 1 aromatic carbocycles. The molecule has 0 radical (unpaired) electrons. The number of halogens is 1. The molecule has 0 bridgehead atoms. The number of hydrogen-bond donors (Lipinski definition) is 1. The Bertz CT molecular complexity index is 424. The summed E-state index contributed by atoms with van der Waals surface area (Å²) < 4.78 is 0.731. The van der Waals surface area contributed by atoms with Crippen LogP contribution in [0.4, 0.5) is 5.69 Å². The van der Waals surface area contributed by atoms with Gasteiger partial charge in [-0.05, 0) is 18.9 Å². The normalized spacial score (nSPS) is 17.9. The van der Waals surface area contributed by atoms with E-state index in [1.54, 1.807) is 6.07 Å². The first-order chi connectivity index (χ1) is 7.59. The van der Waals surface area contributed by atoms with Gasteiger partial charge in [-0.2, -0.15) is 0 Å². The minimum Gasteiger partial charge on any atom is -0.330 e. The highest BCUT2D eigenvalue weighted by Gasteiger charge is 2.41. The lowest BCUT2D eigenvalue weighted by Crippen LogP contribution is -2.41. The number of nitro groups is 1. The lowest BCUT2D eigenvalue weighted by molar-refractivity contribution is -0.386. The molecule has 0 unspecified atom stereocenters. The zero-order chi connectivity index (χ0) is 11.8. The van der Waals surface area contributed by atoms with E-state index < -0.39 is 0 Å². The van der Waals surface area contributed by atoms with E-state index in [4.69, 9.17) is 5.73 Å². The standard InChI is InChI=1S/C11H13BrN2O2/c12-8-2-3-9(10(6-8)14(15)16)11(7-13)4-1-5-11/h2-3,6H,1,4-5,7,13H2. The molecule has 1 fully saturated rings. The van der Waals surface area contributed by atoms with Crippen LogP contribution in [0, 0.1) is 10.1 Å². The second-order valence-electron chi connectivity index (χ2n) is 4.26. The fourth-order valence-corrected chi connectivity index (χ4v) is 2.64. The molecule has 1 aliphatic carbocycles. The van der Waals surface area contributed by atoms with Gasteiger partial charge in [0.1, 0.15) is 0 Å². The zero-order valence-corrected chi connectivity index (χ0v) is 10.4. The lowest BCUT2D eigenvalue weighted by atomic mass is 9.64. The summed E-state index contributed by atoms with van der Waals surface area (Å²) in [6.07, 6.45) is 3.00. The molecule has 0 heterocycles. The molecule has 0 spiro atoms. The molecule has 2 rings (SSSR count). The summed E-state index contributed by atoms with van der Waals surface area (Å²) in [6.45, 7) is 0.482. The van der Waals surface area contributed by atoms with Crippen LogP contribution in [0.15, 0.2) is 22.7 Å². The van der Waals surface area contributed by atoms with Crippen LogP contribution in [0.1, 0.15) is 24.8 Å². The fraction of sp³-hybridized carbons (Fsp3) is 0.455. The molecule has 1 saturated carbocycles. The molecular weight excluding hydrogens is 272 g/mol. The average Bonchev–Trinajstić information content (AvgIpc) is 2.19. The smallest absolute Gasteiger partial charge is 0.274 e. The van der Waals surface area contributed by atoms with Gasteiger partial charge in [0.2, 0.25) is 0 Å². The van der Waals surface area contributed by atoms with E-state index in [0.29, 0.717) is 6.54 Å². The Kier molecular flexibility index (Phi) is 2.99. The quantitative estimate of drug-likeness (QED) is 0.685. The van der Waals surface area contributed by atoms with Crippen LogP contribution in [0.25, 0.3) is 0 Å². The minimum absolute atomic E-state index is 0.164. The van der Waals surface area contributed by atoms with Gasteiger partial charge in [0.15, 0.2) is 0 Å². The van der Waals surface area contributed by atoms with Crippen LogP contribution in [0.2, 0.25) is 0 Å². The summed E-state index contributed by atoms with van der Waals surface area (Å²) >= 11 is 3.26. The Hall–Kier alpha value is -0.940. The van der Waals surface area contributed by atoms with Gasteiger partial charge < -0.3 is 5.73 Å². The van der Waals surface area contributed by atoms with Crippen molar-refractivity contribution in [2.75, 3.05) is 6.54 Å². The monoisotopic (exact) mass is 284 g/mol. The van der Waals surface area contributed by atoms with Crippen molar-refractivity contribution in [2.24, 2.45) is 5.73 Å². The summed E-state index contributed by atoms with van der Waals surface area (Å²) in [5, 5.41) is 11.0. The molecule has 0 aromatic heterocycles. The van der Waals surface area contributed by atoms with Gasteiger partial charge in [0, 0.05) is 28.1 Å². The maximum atomic E-state index is 11.0. The molecule has 0 aliphatic heterocycles. The molecule has 2 N–H and O–H groups in total. The number of nitrogens with zero attached hydrogens (tertiary/aromatic N) is 1. The molecule has 0 amide bonds. The first kappa shape index (κ1) is 11.5. The number of benzene rings is 1. The van der Waals surface area contributed by atoms with E-state index in [9.17, 15) is 10.1 Å². The lowest BCUT2D eigenvalue weighted by Gasteiger charge is -2.40. The highest BCUT2D eigenvalue weighted by molar-refractivity contribution is 9.10. The third-order valence-electron chi connectivity index (χ3n) is 3.43. The molecule has 86 valence electrons. The van der Waals surface area contributed by atoms with Gasteiger partial charge >= 0.3 is 0 Å². The van der Waals surface area contributed by atoms with Gasteiger partial charge in [-0.1, -0.05) is 28.4 Å². The fourth-order valence-electron chi connectivity index (χ4n) is 2.29. The Morgan fingerprint density at radius 1 is 1.50 bits per heavy atom. The van der Waals surface area contributed by atoms with Crippen molar-refractivity contribution in [2.45, 2.75) is 24.7 Å². The maximum Gasteiger partial charge on any atom is 0.274 e. The van der Waals surface area contributed by atoms with Gasteiger partial charge in [-0.15, -0.1) is 0 Å². The molecule has 0 saturated heterocycles. The van der Waals surface area contributed by atoms with Crippen LogP contribution in [-0.4, -0.2) is 11.5 Å². The Balaban J connectivity index is 2.51. The molecule has 1 aliphatic rings. The predicted octanol–water partition coefficient (Wildman–Crippen LogP) is 2.74. The number of rotatable bonds is 3. The zero-order valence-electron chi connectivity index (χ0n) is 8.78. The van der Waals surface area contributed by atoms with Crippen LogP contribution < -0.4 is 5.73 Å². The average molecular weight is 285 g/mol. The topological polar surface area (TPSA) is 69.2 Å². The van der Waals surface area contributed by atoms with Crippen molar-refractivity contribution in [1.82, 2.24) is 0 Å². The van der Waals surface area contributed by atoms with E-state index in [0.717, 1.165) is 29.3 Å². The van der Waals surface area contributed by atoms with Gasteiger partial charge in [-0.3, -0.25) is 10.1 Å². The van der Waals surface area contributed by atoms with E-state index >= 15 is 0 Å². The van der Waals surface area contributed by atoms with Crippen LogP contribution in [0.3, 0.4) is 0 Å².